The SMILES string of the molecule is CC1CCC(CN)C(N2C(=O)CNC2=O)C1. The summed E-state index contributed by atoms with van der Waals surface area (Å²) in [7, 11) is 0. The second kappa shape index (κ2) is 4.41. The second-order valence-corrected chi connectivity index (χ2v) is 4.90. The van der Waals surface area contributed by atoms with Gasteiger partial charge in [-0.2, -0.15) is 0 Å². The number of amides is 3. The summed E-state index contributed by atoms with van der Waals surface area (Å²) in [6.07, 6.45) is 3.04. The topological polar surface area (TPSA) is 75.4 Å². The van der Waals surface area contributed by atoms with Gasteiger partial charge in [0.1, 0.15) is 0 Å². The van der Waals surface area contributed by atoms with Gasteiger partial charge in [-0.25, -0.2) is 4.79 Å². The largest absolute Gasteiger partial charge is 0.330 e. The Bertz CT molecular complexity index is 290. The Kier molecular flexibility index (Phi) is 3.14. The van der Waals surface area contributed by atoms with Gasteiger partial charge >= 0.3 is 6.03 Å². The molecule has 0 bridgehead atoms. The minimum atomic E-state index is -0.248. The third-order valence-corrected chi connectivity index (χ3v) is 3.73. The number of carbonyl (C=O) groups excluding carboxylic acids is 2. The van der Waals surface area contributed by atoms with Gasteiger partial charge in [-0.3, -0.25) is 9.69 Å². The van der Waals surface area contributed by atoms with Gasteiger partial charge in [0, 0.05) is 6.04 Å². The lowest BCUT2D eigenvalue weighted by Crippen LogP contribution is -2.49. The van der Waals surface area contributed by atoms with Crippen LogP contribution >= 0.6 is 0 Å². The van der Waals surface area contributed by atoms with Gasteiger partial charge in [0.15, 0.2) is 0 Å². The van der Waals surface area contributed by atoms with Crippen molar-refractivity contribution in [3.63, 3.8) is 0 Å². The number of hydrogen-bond donors (Lipinski definition) is 2. The third kappa shape index (κ3) is 1.91. The molecule has 1 aliphatic heterocycles. The van der Waals surface area contributed by atoms with E-state index in [1.54, 1.807) is 0 Å². The predicted octanol–water partition coefficient (Wildman–Crippen LogP) is 0.302. The zero-order valence-electron chi connectivity index (χ0n) is 9.61. The van der Waals surface area contributed by atoms with Gasteiger partial charge in [0.2, 0.25) is 5.91 Å². The van der Waals surface area contributed by atoms with Gasteiger partial charge in [-0.1, -0.05) is 13.3 Å². The molecule has 5 nitrogen and oxygen atoms in total. The van der Waals surface area contributed by atoms with Crippen molar-refractivity contribution in [3.8, 4) is 0 Å². The van der Waals surface area contributed by atoms with E-state index in [4.69, 9.17) is 5.73 Å². The van der Waals surface area contributed by atoms with Crippen LogP contribution in [0.4, 0.5) is 4.79 Å². The lowest BCUT2D eigenvalue weighted by Gasteiger charge is -2.38. The molecule has 3 N–H and O–H groups in total. The summed E-state index contributed by atoms with van der Waals surface area (Å²) >= 11 is 0. The number of nitrogens with one attached hydrogen (secondary N) is 1. The van der Waals surface area contributed by atoms with Crippen LogP contribution < -0.4 is 11.1 Å². The van der Waals surface area contributed by atoms with Crippen LogP contribution in [0, 0.1) is 11.8 Å². The fraction of sp³-hybridized carbons (Fsp3) is 0.818. The van der Waals surface area contributed by atoms with Crippen LogP contribution in [0.3, 0.4) is 0 Å². The monoisotopic (exact) mass is 225 g/mol. The molecule has 2 rings (SSSR count). The fourth-order valence-corrected chi connectivity index (χ4v) is 2.78. The first-order valence-corrected chi connectivity index (χ1v) is 5.93. The van der Waals surface area contributed by atoms with E-state index in [9.17, 15) is 9.59 Å². The Morgan fingerprint density at radius 3 is 2.75 bits per heavy atom. The van der Waals surface area contributed by atoms with Gasteiger partial charge in [-0.05, 0) is 31.2 Å². The van der Waals surface area contributed by atoms with Crippen LogP contribution in [0.2, 0.25) is 0 Å². The van der Waals surface area contributed by atoms with Crippen molar-refractivity contribution >= 4 is 11.9 Å². The maximum atomic E-state index is 11.7. The summed E-state index contributed by atoms with van der Waals surface area (Å²) in [5, 5.41) is 2.57. The Hall–Kier alpha value is -1.10. The Labute approximate surface area is 95.3 Å². The number of rotatable bonds is 2. The molecule has 0 radical (unpaired) electrons. The number of hydrogen-bond acceptors (Lipinski definition) is 3. The summed E-state index contributed by atoms with van der Waals surface area (Å²) in [6, 6.07) is -0.244. The summed E-state index contributed by atoms with van der Waals surface area (Å²) in [6.45, 7) is 2.85. The van der Waals surface area contributed by atoms with Crippen LogP contribution in [0.15, 0.2) is 0 Å². The first-order valence-electron chi connectivity index (χ1n) is 5.93. The van der Waals surface area contributed by atoms with E-state index in [1.165, 1.54) is 4.90 Å². The minimum Gasteiger partial charge on any atom is -0.330 e. The number of nitrogens with two attached hydrogens (primary N) is 1. The highest BCUT2D eigenvalue weighted by atomic mass is 16.2. The number of nitrogens with zero attached hydrogens (tertiary/aromatic N) is 1. The normalized spacial score (nSPS) is 35.4. The van der Waals surface area contributed by atoms with Crippen LogP contribution in [0.25, 0.3) is 0 Å². The maximum absolute atomic E-state index is 11.7. The van der Waals surface area contributed by atoms with Gasteiger partial charge in [-0.15, -0.1) is 0 Å². The van der Waals surface area contributed by atoms with Gasteiger partial charge in [0.05, 0.1) is 6.54 Å². The lowest BCUT2D eigenvalue weighted by atomic mass is 9.78. The summed E-state index contributed by atoms with van der Waals surface area (Å²) in [4.78, 5) is 24.7. The molecule has 2 fully saturated rings. The molecule has 1 saturated heterocycles. The van der Waals surface area contributed by atoms with Crippen LogP contribution in [0.5, 0.6) is 0 Å². The molecule has 0 aromatic heterocycles. The third-order valence-electron chi connectivity index (χ3n) is 3.73. The van der Waals surface area contributed by atoms with Gasteiger partial charge in [0.25, 0.3) is 0 Å². The highest BCUT2D eigenvalue weighted by molar-refractivity contribution is 6.02. The Morgan fingerprint density at radius 1 is 1.44 bits per heavy atom. The Balaban J connectivity index is 2.15. The molecule has 3 atom stereocenters. The van der Waals surface area contributed by atoms with Crippen molar-refractivity contribution in [1.29, 1.82) is 0 Å². The van der Waals surface area contributed by atoms with Crippen LogP contribution in [-0.4, -0.2) is 36.0 Å². The average Bonchev–Trinajstić information content (AvgIpc) is 2.58. The van der Waals surface area contributed by atoms with E-state index in [0.29, 0.717) is 12.5 Å². The predicted molar refractivity (Wildman–Crippen MR) is 59.6 cm³/mol. The summed E-state index contributed by atoms with van der Waals surface area (Å²) < 4.78 is 0. The quantitative estimate of drug-likeness (QED) is 0.664. The minimum absolute atomic E-state index is 0.00347. The second-order valence-electron chi connectivity index (χ2n) is 4.90. The lowest BCUT2D eigenvalue weighted by molar-refractivity contribution is -0.128. The molecule has 1 saturated carbocycles. The smallest absolute Gasteiger partial charge is 0.324 e. The summed E-state index contributed by atoms with van der Waals surface area (Å²) in [5.41, 5.74) is 5.73. The van der Waals surface area contributed by atoms with Crippen molar-refractivity contribution in [2.75, 3.05) is 13.1 Å². The first kappa shape index (κ1) is 11.4. The van der Waals surface area contributed by atoms with E-state index >= 15 is 0 Å². The standard InChI is InChI=1S/C11H19N3O2/c1-7-2-3-8(5-12)9(4-7)14-10(15)6-13-11(14)16/h7-9H,2-6,12H2,1H3,(H,13,16). The highest BCUT2D eigenvalue weighted by Crippen LogP contribution is 2.32. The number of carbonyl (C=O) groups is 2. The van der Waals surface area contributed by atoms with E-state index in [1.807, 2.05) is 0 Å². The van der Waals surface area contributed by atoms with Gasteiger partial charge < -0.3 is 11.1 Å². The van der Waals surface area contributed by atoms with E-state index < -0.39 is 0 Å². The van der Waals surface area contributed by atoms with Crippen LogP contribution in [0.1, 0.15) is 26.2 Å². The first-order chi connectivity index (χ1) is 7.63. The zero-order valence-corrected chi connectivity index (χ0v) is 9.61. The molecule has 1 aliphatic carbocycles. The van der Waals surface area contributed by atoms with Crippen molar-refractivity contribution in [1.82, 2.24) is 10.2 Å². The molecule has 0 aromatic rings. The Morgan fingerprint density at radius 2 is 2.19 bits per heavy atom. The molecular formula is C11H19N3O2. The molecule has 5 heteroatoms. The molecule has 90 valence electrons. The van der Waals surface area contributed by atoms with Crippen molar-refractivity contribution in [2.45, 2.75) is 32.2 Å². The van der Waals surface area contributed by atoms with Crippen molar-refractivity contribution in [2.24, 2.45) is 17.6 Å². The molecule has 0 aromatic carbocycles. The van der Waals surface area contributed by atoms with E-state index in [-0.39, 0.29) is 30.4 Å². The fourth-order valence-electron chi connectivity index (χ4n) is 2.78. The number of imide groups is 1. The highest BCUT2D eigenvalue weighted by Gasteiger charge is 2.40. The van der Waals surface area contributed by atoms with Crippen LogP contribution in [-0.2, 0) is 4.79 Å². The molecule has 1 heterocycles. The average molecular weight is 225 g/mol. The number of urea groups is 1. The molecule has 3 amide bonds. The molecule has 0 spiro atoms. The maximum Gasteiger partial charge on any atom is 0.324 e. The summed E-state index contributed by atoms with van der Waals surface area (Å²) in [5.74, 6) is 0.723. The molecule has 16 heavy (non-hydrogen) atoms. The molecular weight excluding hydrogens is 206 g/mol. The molecule has 3 unspecified atom stereocenters. The van der Waals surface area contributed by atoms with Crippen molar-refractivity contribution in [3.05, 3.63) is 0 Å². The molecule has 2 aliphatic rings. The van der Waals surface area contributed by atoms with Crippen molar-refractivity contribution < 1.29 is 9.59 Å². The van der Waals surface area contributed by atoms with E-state index in [2.05, 4.69) is 12.2 Å². The zero-order chi connectivity index (χ0) is 11.7. The van der Waals surface area contributed by atoms with E-state index in [0.717, 1.165) is 19.3 Å².